The summed E-state index contributed by atoms with van der Waals surface area (Å²) in [6.45, 7) is 7.64. The molecule has 0 bridgehead atoms. The van der Waals surface area contributed by atoms with Crippen molar-refractivity contribution in [2.24, 2.45) is 17.6 Å². The molecule has 0 aliphatic rings. The number of hydrogen-bond acceptors (Lipinski definition) is 7. The summed E-state index contributed by atoms with van der Waals surface area (Å²) in [5, 5.41) is 35.4. The van der Waals surface area contributed by atoms with Gasteiger partial charge in [-0.2, -0.15) is 0 Å². The highest BCUT2D eigenvalue weighted by Crippen LogP contribution is 2.09. The summed E-state index contributed by atoms with van der Waals surface area (Å²) < 4.78 is 0. The second kappa shape index (κ2) is 13.1. The molecule has 0 saturated carbocycles. The SMILES string of the molecule is CCC(C)C(NC(=O)C(CO)NC(=O)C(CC(C)C)NC(=O)C(N)C(C)O)C(=O)O. The Balaban J connectivity index is 5.29. The van der Waals surface area contributed by atoms with Crippen LogP contribution in [0.4, 0.5) is 0 Å². The molecule has 11 nitrogen and oxygen atoms in total. The van der Waals surface area contributed by atoms with Crippen molar-refractivity contribution in [2.45, 2.75) is 77.7 Å². The molecule has 0 radical (unpaired) electrons. The molecule has 174 valence electrons. The Morgan fingerprint density at radius 3 is 1.80 bits per heavy atom. The summed E-state index contributed by atoms with van der Waals surface area (Å²) in [5.41, 5.74) is 5.59. The van der Waals surface area contributed by atoms with E-state index in [1.165, 1.54) is 6.92 Å². The zero-order valence-electron chi connectivity index (χ0n) is 18.2. The normalized spacial score (nSPS) is 17.2. The number of carboxylic acids is 1. The highest BCUT2D eigenvalue weighted by molar-refractivity contribution is 5.94. The molecule has 0 rings (SSSR count). The maximum Gasteiger partial charge on any atom is 0.326 e. The lowest BCUT2D eigenvalue weighted by atomic mass is 9.99. The van der Waals surface area contributed by atoms with Crippen molar-refractivity contribution in [3.05, 3.63) is 0 Å². The van der Waals surface area contributed by atoms with Crippen LogP contribution in [0, 0.1) is 11.8 Å². The molecule has 6 atom stereocenters. The largest absolute Gasteiger partial charge is 0.480 e. The molecule has 30 heavy (non-hydrogen) atoms. The predicted molar refractivity (Wildman–Crippen MR) is 109 cm³/mol. The van der Waals surface area contributed by atoms with Gasteiger partial charge in [-0.05, 0) is 25.2 Å². The van der Waals surface area contributed by atoms with E-state index in [0.29, 0.717) is 6.42 Å². The minimum Gasteiger partial charge on any atom is -0.480 e. The average molecular weight is 433 g/mol. The van der Waals surface area contributed by atoms with Gasteiger partial charge >= 0.3 is 5.97 Å². The van der Waals surface area contributed by atoms with Gasteiger partial charge in [0.25, 0.3) is 0 Å². The van der Waals surface area contributed by atoms with Gasteiger partial charge in [0.15, 0.2) is 0 Å². The van der Waals surface area contributed by atoms with Crippen LogP contribution in [0.15, 0.2) is 0 Å². The molecule has 0 aromatic heterocycles. The van der Waals surface area contributed by atoms with Crippen molar-refractivity contribution in [1.29, 1.82) is 0 Å². The summed E-state index contributed by atoms with van der Waals surface area (Å²) in [6.07, 6.45) is -0.411. The van der Waals surface area contributed by atoms with E-state index in [2.05, 4.69) is 16.0 Å². The van der Waals surface area contributed by atoms with Gasteiger partial charge < -0.3 is 37.0 Å². The van der Waals surface area contributed by atoms with Crippen LogP contribution in [0.5, 0.6) is 0 Å². The van der Waals surface area contributed by atoms with E-state index in [4.69, 9.17) is 5.73 Å². The molecule has 0 saturated heterocycles. The van der Waals surface area contributed by atoms with E-state index in [1.54, 1.807) is 13.8 Å². The summed E-state index contributed by atoms with van der Waals surface area (Å²) in [4.78, 5) is 48.6. The minimum atomic E-state index is -1.40. The Hall–Kier alpha value is -2.24. The zero-order valence-corrected chi connectivity index (χ0v) is 18.2. The standard InChI is InChI=1S/C19H36N4O7/c1-6-10(4)15(19(29)30)23-17(27)13(8-24)22-16(26)12(7-9(2)3)21-18(28)14(20)11(5)25/h9-15,24-25H,6-8,20H2,1-5H3,(H,21,28)(H,22,26)(H,23,27)(H,29,30). The number of amides is 3. The number of nitrogens with one attached hydrogen (secondary N) is 3. The van der Waals surface area contributed by atoms with Crippen molar-refractivity contribution in [1.82, 2.24) is 16.0 Å². The molecule has 0 aliphatic heterocycles. The molecule has 0 fully saturated rings. The van der Waals surface area contributed by atoms with Gasteiger partial charge in [-0.15, -0.1) is 0 Å². The van der Waals surface area contributed by atoms with E-state index >= 15 is 0 Å². The van der Waals surface area contributed by atoms with Crippen LogP contribution in [0.3, 0.4) is 0 Å². The second-order valence-corrected chi connectivity index (χ2v) is 7.91. The first kappa shape index (κ1) is 27.8. The van der Waals surface area contributed by atoms with E-state index in [9.17, 15) is 34.5 Å². The fourth-order valence-electron chi connectivity index (χ4n) is 2.59. The van der Waals surface area contributed by atoms with Gasteiger partial charge in [-0.25, -0.2) is 4.79 Å². The van der Waals surface area contributed by atoms with Gasteiger partial charge in [0.2, 0.25) is 17.7 Å². The number of rotatable bonds is 13. The first-order chi connectivity index (χ1) is 13.8. The monoisotopic (exact) mass is 432 g/mol. The van der Waals surface area contributed by atoms with Crippen molar-refractivity contribution >= 4 is 23.7 Å². The number of hydrogen-bond donors (Lipinski definition) is 7. The lowest BCUT2D eigenvalue weighted by Crippen LogP contribution is -2.59. The van der Waals surface area contributed by atoms with E-state index in [0.717, 1.165) is 0 Å². The quantitative estimate of drug-likeness (QED) is 0.179. The third-order valence-corrected chi connectivity index (χ3v) is 4.75. The Morgan fingerprint density at radius 2 is 1.40 bits per heavy atom. The number of nitrogens with two attached hydrogens (primary N) is 1. The van der Waals surface area contributed by atoms with Crippen LogP contribution in [-0.2, 0) is 19.2 Å². The summed E-state index contributed by atoms with van der Waals surface area (Å²) >= 11 is 0. The number of carbonyl (C=O) groups excluding carboxylic acids is 3. The molecule has 0 aromatic carbocycles. The zero-order chi connectivity index (χ0) is 23.6. The first-order valence-electron chi connectivity index (χ1n) is 10.0. The summed E-state index contributed by atoms with van der Waals surface area (Å²) in [6, 6.07) is -4.88. The fraction of sp³-hybridized carbons (Fsp3) is 0.789. The fourth-order valence-corrected chi connectivity index (χ4v) is 2.59. The van der Waals surface area contributed by atoms with Gasteiger partial charge in [-0.1, -0.05) is 34.1 Å². The highest BCUT2D eigenvalue weighted by Gasteiger charge is 2.32. The maximum absolute atomic E-state index is 12.7. The molecule has 11 heteroatoms. The van der Waals surface area contributed by atoms with Crippen LogP contribution in [0.25, 0.3) is 0 Å². The number of carbonyl (C=O) groups is 4. The Labute approximate surface area is 176 Å². The van der Waals surface area contributed by atoms with E-state index < -0.39 is 60.6 Å². The van der Waals surface area contributed by atoms with E-state index in [-0.39, 0.29) is 18.3 Å². The van der Waals surface area contributed by atoms with Gasteiger partial charge in [0.1, 0.15) is 24.2 Å². The maximum atomic E-state index is 12.7. The average Bonchev–Trinajstić information content (AvgIpc) is 2.67. The lowest BCUT2D eigenvalue weighted by molar-refractivity contribution is -0.144. The molecule has 3 amide bonds. The Bertz CT molecular complexity index is 597. The second-order valence-electron chi connectivity index (χ2n) is 7.91. The van der Waals surface area contributed by atoms with Crippen LogP contribution in [0.1, 0.15) is 47.5 Å². The Kier molecular flexibility index (Phi) is 12.2. The molecular weight excluding hydrogens is 396 g/mol. The third-order valence-electron chi connectivity index (χ3n) is 4.75. The predicted octanol–water partition coefficient (Wildman–Crippen LogP) is -1.68. The first-order valence-corrected chi connectivity index (χ1v) is 10.0. The van der Waals surface area contributed by atoms with Gasteiger partial charge in [0.05, 0.1) is 12.7 Å². The van der Waals surface area contributed by atoms with Crippen molar-refractivity contribution in [3.8, 4) is 0 Å². The van der Waals surface area contributed by atoms with Crippen LogP contribution in [-0.4, -0.2) is 75.9 Å². The summed E-state index contributed by atoms with van der Waals surface area (Å²) in [5.74, 6) is -3.92. The number of carboxylic acid groups (broad SMARTS) is 1. The minimum absolute atomic E-state index is 0.00739. The van der Waals surface area contributed by atoms with Crippen LogP contribution >= 0.6 is 0 Å². The van der Waals surface area contributed by atoms with Gasteiger partial charge in [0, 0.05) is 0 Å². The molecule has 6 unspecified atom stereocenters. The van der Waals surface area contributed by atoms with Crippen molar-refractivity contribution in [2.75, 3.05) is 6.61 Å². The van der Waals surface area contributed by atoms with Gasteiger partial charge in [-0.3, -0.25) is 14.4 Å². The highest BCUT2D eigenvalue weighted by atomic mass is 16.4. The lowest BCUT2D eigenvalue weighted by Gasteiger charge is -2.26. The van der Waals surface area contributed by atoms with E-state index in [1.807, 2.05) is 13.8 Å². The van der Waals surface area contributed by atoms with Crippen molar-refractivity contribution < 1.29 is 34.5 Å². The number of aliphatic hydroxyl groups excluding tert-OH is 2. The number of aliphatic hydroxyl groups is 2. The molecule has 8 N–H and O–H groups in total. The van der Waals surface area contributed by atoms with Crippen LogP contribution in [0.2, 0.25) is 0 Å². The summed E-state index contributed by atoms with van der Waals surface area (Å²) in [7, 11) is 0. The smallest absolute Gasteiger partial charge is 0.326 e. The van der Waals surface area contributed by atoms with Crippen molar-refractivity contribution in [3.63, 3.8) is 0 Å². The molecule has 0 aromatic rings. The molecule has 0 spiro atoms. The third kappa shape index (κ3) is 9.06. The molecule has 0 aliphatic carbocycles. The molecule has 0 heterocycles. The Morgan fingerprint density at radius 1 is 0.900 bits per heavy atom. The number of aliphatic carboxylic acids is 1. The van der Waals surface area contributed by atoms with Crippen LogP contribution < -0.4 is 21.7 Å². The topological polar surface area (TPSA) is 191 Å². The molecular formula is C19H36N4O7.